The average molecular weight is 463 g/mol. The third-order valence-corrected chi connectivity index (χ3v) is 5.79. The van der Waals surface area contributed by atoms with E-state index in [-0.39, 0.29) is 23.3 Å². The number of likely N-dealkylation sites (tertiary alicyclic amines) is 1. The van der Waals surface area contributed by atoms with Gasteiger partial charge >= 0.3 is 6.03 Å². The zero-order valence-electron chi connectivity index (χ0n) is 18.6. The summed E-state index contributed by atoms with van der Waals surface area (Å²) in [7, 11) is 0. The van der Waals surface area contributed by atoms with Gasteiger partial charge in [0.15, 0.2) is 0 Å². The van der Waals surface area contributed by atoms with Crippen LogP contribution >= 0.6 is 0 Å². The molecule has 1 saturated heterocycles. The number of hydrogen-bond acceptors (Lipinski definition) is 6. The van der Waals surface area contributed by atoms with E-state index in [4.69, 9.17) is 4.52 Å². The summed E-state index contributed by atoms with van der Waals surface area (Å²) in [6.45, 7) is 4.93. The molecule has 0 radical (unpaired) electrons. The third-order valence-electron chi connectivity index (χ3n) is 5.79. The summed E-state index contributed by atoms with van der Waals surface area (Å²) >= 11 is 0. The number of nitrogens with zero attached hydrogens (tertiary/aromatic N) is 5. The van der Waals surface area contributed by atoms with Crippen molar-refractivity contribution in [2.75, 3.05) is 25.0 Å². The Bertz CT molecular complexity index is 1390. The second kappa shape index (κ2) is 8.58. The van der Waals surface area contributed by atoms with Gasteiger partial charge in [-0.15, -0.1) is 0 Å². The molecule has 2 N–H and O–H groups in total. The van der Waals surface area contributed by atoms with Gasteiger partial charge in [0, 0.05) is 42.6 Å². The number of anilines is 1. The van der Waals surface area contributed by atoms with Crippen LogP contribution in [0.5, 0.6) is 0 Å². The molecule has 0 spiro atoms. The van der Waals surface area contributed by atoms with Crippen LogP contribution in [0.25, 0.3) is 17.0 Å². The van der Waals surface area contributed by atoms with Gasteiger partial charge in [0.1, 0.15) is 17.2 Å². The zero-order valence-corrected chi connectivity index (χ0v) is 18.6. The highest BCUT2D eigenvalue weighted by Gasteiger charge is 2.35. The summed E-state index contributed by atoms with van der Waals surface area (Å²) in [4.78, 5) is 35.0. The fourth-order valence-corrected chi connectivity index (χ4v) is 3.81. The number of urea groups is 1. The fourth-order valence-electron chi connectivity index (χ4n) is 3.81. The SMILES string of the molecule is CCNC(=O)N1CC(c2nc(-c3cc(F)c(C)c(NC(=O)c4cnc5ccccn45)c3)no2)C1. The van der Waals surface area contributed by atoms with Crippen molar-refractivity contribution in [1.82, 2.24) is 29.7 Å². The van der Waals surface area contributed by atoms with E-state index in [0.29, 0.717) is 48.1 Å². The van der Waals surface area contributed by atoms with Crippen molar-refractivity contribution >= 4 is 23.3 Å². The van der Waals surface area contributed by atoms with Crippen molar-refractivity contribution in [3.05, 3.63) is 65.7 Å². The van der Waals surface area contributed by atoms with Gasteiger partial charge in [0.05, 0.1) is 12.1 Å². The average Bonchev–Trinajstić information content (AvgIpc) is 3.43. The van der Waals surface area contributed by atoms with E-state index < -0.39 is 11.7 Å². The molecule has 1 fully saturated rings. The smallest absolute Gasteiger partial charge is 0.317 e. The van der Waals surface area contributed by atoms with Crippen LogP contribution in [0.1, 0.15) is 34.8 Å². The Morgan fingerprint density at radius 3 is 2.88 bits per heavy atom. The van der Waals surface area contributed by atoms with E-state index in [0.717, 1.165) is 0 Å². The summed E-state index contributed by atoms with van der Waals surface area (Å²) in [5.41, 5.74) is 1.90. The number of nitrogens with one attached hydrogen (secondary N) is 2. The highest BCUT2D eigenvalue weighted by Crippen LogP contribution is 2.30. The van der Waals surface area contributed by atoms with E-state index in [9.17, 15) is 14.0 Å². The number of hydrogen-bond donors (Lipinski definition) is 2. The molecule has 4 heterocycles. The van der Waals surface area contributed by atoms with Crippen LogP contribution in [0.4, 0.5) is 14.9 Å². The Morgan fingerprint density at radius 2 is 2.09 bits per heavy atom. The Hall–Kier alpha value is -4.28. The molecule has 1 aromatic carbocycles. The van der Waals surface area contributed by atoms with Gasteiger partial charge in [-0.1, -0.05) is 11.2 Å². The largest absolute Gasteiger partial charge is 0.339 e. The second-order valence-electron chi connectivity index (χ2n) is 8.05. The third kappa shape index (κ3) is 3.85. The molecule has 0 bridgehead atoms. The van der Waals surface area contributed by atoms with Crippen LogP contribution in [0.15, 0.2) is 47.2 Å². The van der Waals surface area contributed by atoms with Crippen molar-refractivity contribution in [3.63, 3.8) is 0 Å². The number of halogens is 1. The molecule has 4 aromatic rings. The number of aromatic nitrogens is 4. The lowest BCUT2D eigenvalue weighted by atomic mass is 10.0. The topological polar surface area (TPSA) is 118 Å². The van der Waals surface area contributed by atoms with E-state index in [1.165, 1.54) is 12.3 Å². The van der Waals surface area contributed by atoms with Crippen LogP contribution in [0, 0.1) is 12.7 Å². The fraction of sp³-hybridized carbons (Fsp3) is 0.261. The Balaban J connectivity index is 1.35. The normalized spacial score (nSPS) is 13.7. The van der Waals surface area contributed by atoms with Gasteiger partial charge in [0.25, 0.3) is 5.91 Å². The van der Waals surface area contributed by atoms with Crippen LogP contribution in [-0.4, -0.2) is 56.0 Å². The maximum absolute atomic E-state index is 14.7. The maximum atomic E-state index is 14.7. The first-order valence-electron chi connectivity index (χ1n) is 10.8. The maximum Gasteiger partial charge on any atom is 0.317 e. The Kier molecular flexibility index (Phi) is 5.44. The number of carbonyl (C=O) groups excluding carboxylic acids is 2. The molecule has 5 rings (SSSR count). The lowest BCUT2D eigenvalue weighted by molar-refractivity contribution is 0.102. The van der Waals surface area contributed by atoms with Crippen LogP contribution in [0.2, 0.25) is 0 Å². The predicted octanol–water partition coefficient (Wildman–Crippen LogP) is 3.21. The van der Waals surface area contributed by atoms with Gasteiger partial charge in [-0.25, -0.2) is 14.2 Å². The lowest BCUT2D eigenvalue weighted by Crippen LogP contribution is -2.52. The van der Waals surface area contributed by atoms with Crippen molar-refractivity contribution in [2.24, 2.45) is 0 Å². The number of amides is 3. The minimum Gasteiger partial charge on any atom is -0.339 e. The number of fused-ring (bicyclic) bond motifs is 1. The molecule has 1 aliphatic rings. The molecule has 11 heteroatoms. The van der Waals surface area contributed by atoms with E-state index in [2.05, 4.69) is 25.8 Å². The molecule has 3 amide bonds. The lowest BCUT2D eigenvalue weighted by Gasteiger charge is -2.36. The second-order valence-corrected chi connectivity index (χ2v) is 8.05. The molecular weight excluding hydrogens is 441 g/mol. The van der Waals surface area contributed by atoms with Crippen LogP contribution in [-0.2, 0) is 0 Å². The quantitative estimate of drug-likeness (QED) is 0.469. The van der Waals surface area contributed by atoms with Crippen molar-refractivity contribution in [1.29, 1.82) is 0 Å². The van der Waals surface area contributed by atoms with Crippen LogP contribution in [0.3, 0.4) is 0 Å². The monoisotopic (exact) mass is 463 g/mol. The highest BCUT2D eigenvalue weighted by atomic mass is 19.1. The molecule has 0 unspecified atom stereocenters. The van der Waals surface area contributed by atoms with Gasteiger partial charge in [-0.2, -0.15) is 4.98 Å². The Labute approximate surface area is 193 Å². The number of rotatable bonds is 5. The zero-order chi connectivity index (χ0) is 23.8. The first-order chi connectivity index (χ1) is 16.4. The number of carbonyl (C=O) groups is 2. The van der Waals surface area contributed by atoms with Crippen molar-refractivity contribution in [3.8, 4) is 11.4 Å². The predicted molar refractivity (Wildman–Crippen MR) is 121 cm³/mol. The van der Waals surface area contributed by atoms with E-state index in [1.807, 2.05) is 13.0 Å². The van der Waals surface area contributed by atoms with Crippen LogP contribution < -0.4 is 10.6 Å². The number of pyridine rings is 1. The minimum atomic E-state index is -0.511. The Morgan fingerprint density at radius 1 is 1.26 bits per heavy atom. The van der Waals surface area contributed by atoms with Crippen molar-refractivity contribution < 1.29 is 18.5 Å². The molecule has 0 atom stereocenters. The molecular formula is C23H22FN7O3. The number of imidazole rings is 1. The first-order valence-corrected chi connectivity index (χ1v) is 10.8. The summed E-state index contributed by atoms with van der Waals surface area (Å²) in [5.74, 6) is -0.424. The van der Waals surface area contributed by atoms with Gasteiger partial charge in [-0.05, 0) is 38.1 Å². The number of benzene rings is 1. The minimum absolute atomic E-state index is 0.0755. The first kappa shape index (κ1) is 21.6. The molecule has 1 aliphatic heterocycles. The van der Waals surface area contributed by atoms with Crippen molar-refractivity contribution in [2.45, 2.75) is 19.8 Å². The highest BCUT2D eigenvalue weighted by molar-refractivity contribution is 6.04. The van der Waals surface area contributed by atoms with E-state index in [1.54, 1.807) is 40.6 Å². The molecule has 0 aliphatic carbocycles. The molecule has 174 valence electrons. The van der Waals surface area contributed by atoms with E-state index >= 15 is 0 Å². The molecule has 34 heavy (non-hydrogen) atoms. The van der Waals surface area contributed by atoms with Gasteiger partial charge in [0.2, 0.25) is 11.7 Å². The molecule has 3 aromatic heterocycles. The molecule has 0 saturated carbocycles. The summed E-state index contributed by atoms with van der Waals surface area (Å²) in [6.07, 6.45) is 3.20. The standard InChI is InChI=1S/C23H22FN7O3/c1-3-25-23(33)30-11-15(12-30)22-28-20(29-34-22)14-8-16(24)13(2)17(9-14)27-21(32)18-10-26-19-6-4-5-7-31(18)19/h4-10,15H,3,11-12H2,1-2H3,(H,25,33)(H,27,32). The van der Waals surface area contributed by atoms with Gasteiger partial charge in [-0.3, -0.25) is 9.20 Å². The summed E-state index contributed by atoms with van der Waals surface area (Å²) in [5, 5.41) is 9.48. The van der Waals surface area contributed by atoms with Gasteiger partial charge < -0.3 is 20.1 Å². The summed E-state index contributed by atoms with van der Waals surface area (Å²) < 4.78 is 21.7. The summed E-state index contributed by atoms with van der Waals surface area (Å²) in [6, 6.07) is 8.18. The molecule has 10 nitrogen and oxygen atoms in total.